The summed E-state index contributed by atoms with van der Waals surface area (Å²) in [5.41, 5.74) is 2.92. The van der Waals surface area contributed by atoms with E-state index in [9.17, 15) is 4.79 Å². The Bertz CT molecular complexity index is 1410. The van der Waals surface area contributed by atoms with Gasteiger partial charge in [0, 0.05) is 17.4 Å². The lowest BCUT2D eigenvalue weighted by Crippen LogP contribution is -2.29. The molecule has 2 aromatic heterocycles. The van der Waals surface area contributed by atoms with Crippen LogP contribution in [0.2, 0.25) is 5.02 Å². The van der Waals surface area contributed by atoms with Crippen LogP contribution in [0.25, 0.3) is 11.3 Å². The molecule has 0 saturated carbocycles. The Labute approximate surface area is 218 Å². The fourth-order valence-electron chi connectivity index (χ4n) is 4.28. The van der Waals surface area contributed by atoms with Gasteiger partial charge in [0.1, 0.15) is 23.3 Å². The minimum absolute atomic E-state index is 0.264. The molecule has 2 atom stereocenters. The van der Waals surface area contributed by atoms with Gasteiger partial charge in [0.25, 0.3) is 0 Å². The van der Waals surface area contributed by atoms with E-state index in [4.69, 9.17) is 37.7 Å². The number of thiocarbonyl (C=S) groups is 1. The summed E-state index contributed by atoms with van der Waals surface area (Å²) in [5, 5.41) is 4.40. The number of hydrogen-bond donors (Lipinski definition) is 1. The van der Waals surface area contributed by atoms with Gasteiger partial charge in [-0.05, 0) is 66.8 Å². The summed E-state index contributed by atoms with van der Waals surface area (Å²) in [6.45, 7) is 0. The van der Waals surface area contributed by atoms with E-state index in [0.29, 0.717) is 33.0 Å². The van der Waals surface area contributed by atoms with Crippen molar-refractivity contribution in [1.29, 1.82) is 0 Å². The first-order valence-corrected chi connectivity index (χ1v) is 11.9. The number of ether oxygens (including phenoxy) is 2. The number of nitrogens with one attached hydrogen (secondary N) is 1. The van der Waals surface area contributed by atoms with Gasteiger partial charge < -0.3 is 24.1 Å². The quantitative estimate of drug-likeness (QED) is 0.247. The zero-order valence-corrected chi connectivity index (χ0v) is 21.0. The Morgan fingerprint density at radius 2 is 1.89 bits per heavy atom. The van der Waals surface area contributed by atoms with Crippen molar-refractivity contribution in [3.05, 3.63) is 101 Å². The molecule has 3 heterocycles. The van der Waals surface area contributed by atoms with Crippen LogP contribution in [0.3, 0.4) is 0 Å². The number of hydrogen-bond acceptors (Lipinski definition) is 6. The number of halogens is 1. The molecule has 0 radical (unpaired) electrons. The molecule has 1 fully saturated rings. The Kier molecular flexibility index (Phi) is 6.63. The molecule has 5 rings (SSSR count). The van der Waals surface area contributed by atoms with Gasteiger partial charge in [0.05, 0.1) is 36.5 Å². The van der Waals surface area contributed by atoms with E-state index in [0.717, 1.165) is 16.9 Å². The third-order valence-corrected chi connectivity index (χ3v) is 6.63. The third kappa shape index (κ3) is 4.41. The second-order valence-electron chi connectivity index (χ2n) is 8.09. The summed E-state index contributed by atoms with van der Waals surface area (Å²) in [7, 11) is 2.93. The molecule has 1 N–H and O–H groups in total. The summed E-state index contributed by atoms with van der Waals surface area (Å²) in [6.07, 6.45) is 1.75. The van der Waals surface area contributed by atoms with Crippen LogP contribution in [-0.4, -0.2) is 30.3 Å². The molecule has 1 aliphatic heterocycles. The first-order valence-electron chi connectivity index (χ1n) is 11.1. The molecule has 0 aliphatic carbocycles. The molecule has 4 aromatic rings. The maximum absolute atomic E-state index is 11.8. The molecule has 2 aromatic carbocycles. The average Bonchev–Trinajstić information content (AvgIpc) is 3.53. The second-order valence-corrected chi connectivity index (χ2v) is 8.88. The predicted octanol–water partition coefficient (Wildman–Crippen LogP) is 5.97. The lowest BCUT2D eigenvalue weighted by molar-refractivity contribution is 0.0600. The zero-order valence-electron chi connectivity index (χ0n) is 19.5. The minimum atomic E-state index is -0.390. The van der Waals surface area contributed by atoms with Gasteiger partial charge in [-0.15, -0.1) is 0 Å². The van der Waals surface area contributed by atoms with Crippen LogP contribution in [0.4, 0.5) is 5.69 Å². The summed E-state index contributed by atoms with van der Waals surface area (Å²) in [5.74, 6) is 1.54. The maximum Gasteiger partial charge on any atom is 0.337 e. The van der Waals surface area contributed by atoms with Gasteiger partial charge in [0.15, 0.2) is 5.11 Å². The van der Waals surface area contributed by atoms with E-state index in [2.05, 4.69) is 10.3 Å². The lowest BCUT2D eigenvalue weighted by Gasteiger charge is -2.26. The fourth-order valence-corrected chi connectivity index (χ4v) is 4.88. The molecule has 9 heteroatoms. The van der Waals surface area contributed by atoms with Crippen molar-refractivity contribution in [2.24, 2.45) is 0 Å². The van der Waals surface area contributed by atoms with Crippen LogP contribution in [0.5, 0.6) is 5.75 Å². The van der Waals surface area contributed by atoms with Crippen LogP contribution in [0, 0.1) is 0 Å². The van der Waals surface area contributed by atoms with Crippen molar-refractivity contribution in [3.8, 4) is 17.1 Å². The van der Waals surface area contributed by atoms with E-state index in [1.165, 1.54) is 7.11 Å². The molecule has 0 amide bonds. The van der Waals surface area contributed by atoms with E-state index < -0.39 is 0 Å². The molecular formula is C27H22ClN3O4S. The monoisotopic (exact) mass is 519 g/mol. The van der Waals surface area contributed by atoms with Gasteiger partial charge in [-0.3, -0.25) is 4.98 Å². The average molecular weight is 520 g/mol. The van der Waals surface area contributed by atoms with Gasteiger partial charge in [-0.1, -0.05) is 29.8 Å². The summed E-state index contributed by atoms with van der Waals surface area (Å²) in [4.78, 5) is 18.3. The molecule has 182 valence electrons. The maximum atomic E-state index is 11.8. The van der Waals surface area contributed by atoms with Crippen molar-refractivity contribution in [2.45, 2.75) is 12.1 Å². The molecule has 7 nitrogen and oxygen atoms in total. The zero-order chi connectivity index (χ0) is 25.2. The number of esters is 1. The summed E-state index contributed by atoms with van der Waals surface area (Å²) in [6, 6.07) is 21.6. The van der Waals surface area contributed by atoms with Crippen LogP contribution in [0.1, 0.15) is 33.9 Å². The smallest absolute Gasteiger partial charge is 0.337 e. The summed E-state index contributed by atoms with van der Waals surface area (Å²) < 4.78 is 16.5. The highest BCUT2D eigenvalue weighted by atomic mass is 35.5. The Hall–Kier alpha value is -3.88. The summed E-state index contributed by atoms with van der Waals surface area (Å²) >= 11 is 12.2. The van der Waals surface area contributed by atoms with E-state index in [1.807, 2.05) is 65.6 Å². The topological polar surface area (TPSA) is 76.8 Å². The molecule has 0 spiro atoms. The number of pyridine rings is 1. The number of nitrogens with zero attached hydrogens (tertiary/aromatic N) is 2. The van der Waals surface area contributed by atoms with Crippen molar-refractivity contribution < 1.29 is 18.7 Å². The van der Waals surface area contributed by atoms with E-state index in [-0.39, 0.29) is 18.1 Å². The normalized spacial score (nSPS) is 17.1. The highest BCUT2D eigenvalue weighted by Gasteiger charge is 2.42. The van der Waals surface area contributed by atoms with E-state index >= 15 is 0 Å². The molecule has 1 aliphatic rings. The van der Waals surface area contributed by atoms with Crippen molar-refractivity contribution in [2.75, 3.05) is 19.1 Å². The van der Waals surface area contributed by atoms with Gasteiger partial charge in [-0.2, -0.15) is 0 Å². The number of anilines is 1. The van der Waals surface area contributed by atoms with Gasteiger partial charge in [0.2, 0.25) is 0 Å². The van der Waals surface area contributed by atoms with Crippen molar-refractivity contribution in [1.82, 2.24) is 10.3 Å². The first kappa shape index (κ1) is 23.8. The molecule has 0 bridgehead atoms. The number of furan rings is 1. The number of methoxy groups -OCH3 is 2. The minimum Gasteiger partial charge on any atom is -0.495 e. The van der Waals surface area contributed by atoms with Crippen LogP contribution < -0.4 is 15.0 Å². The molecule has 0 unspecified atom stereocenters. The highest BCUT2D eigenvalue weighted by Crippen LogP contribution is 2.44. The Morgan fingerprint density at radius 3 is 2.56 bits per heavy atom. The standard InChI is InChI=1S/C27H22ClN3O4S/c1-33-22-11-10-18(15-19(22)28)31-25(24(30-27(31)36)20-5-3-4-14-29-20)23-13-12-21(35-23)16-6-8-17(9-7-16)26(32)34-2/h3-15,24-25H,1-2H3,(H,30,36)/t24-,25+/m1/s1. The Morgan fingerprint density at radius 1 is 1.08 bits per heavy atom. The van der Waals surface area contributed by atoms with Gasteiger partial charge in [-0.25, -0.2) is 4.79 Å². The number of carbonyl (C=O) groups excluding carboxylic acids is 1. The number of aromatic nitrogens is 1. The lowest BCUT2D eigenvalue weighted by atomic mass is 10.0. The number of benzene rings is 2. The number of rotatable bonds is 6. The second kappa shape index (κ2) is 10.0. The van der Waals surface area contributed by atoms with Crippen LogP contribution >= 0.6 is 23.8 Å². The van der Waals surface area contributed by atoms with Crippen molar-refractivity contribution in [3.63, 3.8) is 0 Å². The largest absolute Gasteiger partial charge is 0.495 e. The fraction of sp³-hybridized carbons (Fsp3) is 0.148. The van der Waals surface area contributed by atoms with E-state index in [1.54, 1.807) is 25.4 Å². The third-order valence-electron chi connectivity index (χ3n) is 6.02. The van der Waals surface area contributed by atoms with Crippen LogP contribution in [-0.2, 0) is 4.74 Å². The predicted molar refractivity (Wildman–Crippen MR) is 141 cm³/mol. The first-order chi connectivity index (χ1) is 17.5. The van der Waals surface area contributed by atoms with Crippen LogP contribution in [0.15, 0.2) is 83.4 Å². The Balaban J connectivity index is 1.55. The molecular weight excluding hydrogens is 498 g/mol. The SMILES string of the molecule is COC(=O)c1ccc(-c2ccc([C@H]3[C@@H](c4ccccn4)NC(=S)N3c3ccc(OC)c(Cl)c3)o2)cc1. The van der Waals surface area contributed by atoms with Crippen molar-refractivity contribution >= 4 is 40.6 Å². The number of carbonyl (C=O) groups is 1. The van der Waals surface area contributed by atoms with Gasteiger partial charge >= 0.3 is 5.97 Å². The molecule has 1 saturated heterocycles. The molecule has 36 heavy (non-hydrogen) atoms. The highest BCUT2D eigenvalue weighted by molar-refractivity contribution is 7.80.